The molecule has 3 rings (SSSR count). The lowest BCUT2D eigenvalue weighted by molar-refractivity contribution is -0.384. The highest BCUT2D eigenvalue weighted by molar-refractivity contribution is 7.14. The molecule has 0 radical (unpaired) electrons. The number of nitrogens with zero attached hydrogens (tertiary/aromatic N) is 3. The highest BCUT2D eigenvalue weighted by Crippen LogP contribution is 2.27. The van der Waals surface area contributed by atoms with Gasteiger partial charge in [0.2, 0.25) is 5.13 Å². The Labute approximate surface area is 138 Å². The molecular formula is C16H18N4O2S. The summed E-state index contributed by atoms with van der Waals surface area (Å²) in [5.74, 6) is 0.705. The van der Waals surface area contributed by atoms with Gasteiger partial charge in [0.05, 0.1) is 10.6 Å². The average Bonchev–Trinajstić information content (AvgIpc) is 3.02. The number of rotatable bonds is 4. The second-order valence-electron chi connectivity index (χ2n) is 5.83. The van der Waals surface area contributed by atoms with Crippen LogP contribution in [0.25, 0.3) is 11.3 Å². The third-order valence-electron chi connectivity index (χ3n) is 3.93. The Balaban J connectivity index is 1.68. The van der Waals surface area contributed by atoms with Gasteiger partial charge in [-0.1, -0.05) is 6.92 Å². The van der Waals surface area contributed by atoms with E-state index in [0.717, 1.165) is 29.2 Å². The maximum atomic E-state index is 10.7. The van der Waals surface area contributed by atoms with Crippen molar-refractivity contribution in [1.82, 2.24) is 4.98 Å². The third-order valence-corrected chi connectivity index (χ3v) is 4.68. The Morgan fingerprint density at radius 2 is 2.17 bits per heavy atom. The van der Waals surface area contributed by atoms with Gasteiger partial charge < -0.3 is 0 Å². The fourth-order valence-electron chi connectivity index (χ4n) is 2.70. The molecule has 6 nitrogen and oxygen atoms in total. The molecule has 1 saturated carbocycles. The zero-order chi connectivity index (χ0) is 16.2. The predicted molar refractivity (Wildman–Crippen MR) is 92.9 cm³/mol. The van der Waals surface area contributed by atoms with E-state index in [0.29, 0.717) is 5.92 Å². The zero-order valence-corrected chi connectivity index (χ0v) is 13.7. The van der Waals surface area contributed by atoms with Crippen molar-refractivity contribution >= 4 is 27.9 Å². The standard InChI is InChI=1S/C16H18N4O2S/c1-11-3-2-4-13(9-11)18-19-16-17-15(10-23-16)12-5-7-14(8-6-12)20(21)22/h5-8,10-11H,2-4,9H2,1H3,(H,17,19)/b18-13+/t11-/m1/s1. The van der Waals surface area contributed by atoms with Gasteiger partial charge in [-0.3, -0.25) is 15.5 Å². The number of hydrogen-bond donors (Lipinski definition) is 1. The number of hydrogen-bond acceptors (Lipinski definition) is 6. The number of aromatic nitrogens is 1. The predicted octanol–water partition coefficient (Wildman–Crippen LogP) is 4.70. The van der Waals surface area contributed by atoms with E-state index in [4.69, 9.17) is 0 Å². The number of hydrazone groups is 1. The molecule has 7 heteroatoms. The molecule has 1 aliphatic rings. The highest BCUT2D eigenvalue weighted by atomic mass is 32.1. The zero-order valence-electron chi connectivity index (χ0n) is 12.9. The van der Waals surface area contributed by atoms with E-state index in [1.807, 2.05) is 5.38 Å². The first-order valence-corrected chi connectivity index (χ1v) is 8.51. The number of nitro groups is 1. The first kappa shape index (κ1) is 15.6. The van der Waals surface area contributed by atoms with Gasteiger partial charge >= 0.3 is 0 Å². The van der Waals surface area contributed by atoms with Gasteiger partial charge in [0.1, 0.15) is 0 Å². The topological polar surface area (TPSA) is 80.4 Å². The minimum Gasteiger partial charge on any atom is -0.258 e. The second kappa shape index (κ2) is 6.87. The van der Waals surface area contributed by atoms with Gasteiger partial charge in [-0.05, 0) is 43.7 Å². The maximum Gasteiger partial charge on any atom is 0.269 e. The van der Waals surface area contributed by atoms with E-state index < -0.39 is 4.92 Å². The molecule has 1 aromatic heterocycles. The molecule has 1 aromatic carbocycles. The summed E-state index contributed by atoms with van der Waals surface area (Å²) >= 11 is 1.48. The minimum atomic E-state index is -0.404. The van der Waals surface area contributed by atoms with Crippen molar-refractivity contribution in [2.45, 2.75) is 32.6 Å². The Kier molecular flexibility index (Phi) is 4.66. The summed E-state index contributed by atoms with van der Waals surface area (Å²) < 4.78 is 0. The van der Waals surface area contributed by atoms with Crippen molar-refractivity contribution < 1.29 is 4.92 Å². The first-order chi connectivity index (χ1) is 11.1. The molecule has 1 atom stereocenters. The molecule has 23 heavy (non-hydrogen) atoms. The monoisotopic (exact) mass is 330 g/mol. The average molecular weight is 330 g/mol. The van der Waals surface area contributed by atoms with Crippen LogP contribution in [0.2, 0.25) is 0 Å². The van der Waals surface area contributed by atoms with Crippen LogP contribution in [0.5, 0.6) is 0 Å². The summed E-state index contributed by atoms with van der Waals surface area (Å²) in [6, 6.07) is 6.41. The number of nitrogens with one attached hydrogen (secondary N) is 1. The van der Waals surface area contributed by atoms with Crippen molar-refractivity contribution in [1.29, 1.82) is 0 Å². The number of anilines is 1. The Morgan fingerprint density at radius 3 is 2.87 bits per heavy atom. The molecule has 1 aliphatic carbocycles. The second-order valence-corrected chi connectivity index (χ2v) is 6.69. The van der Waals surface area contributed by atoms with Gasteiger partial charge in [0, 0.05) is 28.8 Å². The van der Waals surface area contributed by atoms with Crippen LogP contribution in [0, 0.1) is 16.0 Å². The smallest absolute Gasteiger partial charge is 0.258 e. The van der Waals surface area contributed by atoms with E-state index in [2.05, 4.69) is 22.4 Å². The van der Waals surface area contributed by atoms with Gasteiger partial charge in [-0.25, -0.2) is 4.98 Å². The Hall–Kier alpha value is -2.28. The van der Waals surface area contributed by atoms with Crippen LogP contribution < -0.4 is 5.43 Å². The fourth-order valence-corrected chi connectivity index (χ4v) is 3.36. The lowest BCUT2D eigenvalue weighted by Gasteiger charge is -2.18. The molecule has 0 saturated heterocycles. The number of nitro benzene ring substituents is 1. The van der Waals surface area contributed by atoms with Crippen molar-refractivity contribution in [3.05, 3.63) is 39.8 Å². The lowest BCUT2D eigenvalue weighted by Crippen LogP contribution is -2.13. The summed E-state index contributed by atoms with van der Waals surface area (Å²) in [4.78, 5) is 14.8. The minimum absolute atomic E-state index is 0.0835. The molecule has 2 aromatic rings. The molecule has 0 bridgehead atoms. The van der Waals surface area contributed by atoms with Crippen LogP contribution in [0.15, 0.2) is 34.7 Å². The third kappa shape index (κ3) is 3.92. The van der Waals surface area contributed by atoms with Crippen LogP contribution >= 0.6 is 11.3 Å². The molecule has 1 fully saturated rings. The van der Waals surface area contributed by atoms with E-state index >= 15 is 0 Å². The largest absolute Gasteiger partial charge is 0.269 e. The van der Waals surface area contributed by atoms with Crippen LogP contribution in [-0.4, -0.2) is 15.6 Å². The van der Waals surface area contributed by atoms with Gasteiger partial charge in [0.15, 0.2) is 0 Å². The molecule has 120 valence electrons. The fraction of sp³-hybridized carbons (Fsp3) is 0.375. The Morgan fingerprint density at radius 1 is 1.39 bits per heavy atom. The van der Waals surface area contributed by atoms with Crippen molar-refractivity contribution in [2.24, 2.45) is 11.0 Å². The van der Waals surface area contributed by atoms with E-state index in [1.54, 1.807) is 12.1 Å². The number of benzene rings is 1. The van der Waals surface area contributed by atoms with Crippen molar-refractivity contribution in [3.8, 4) is 11.3 Å². The molecule has 0 spiro atoms. The van der Waals surface area contributed by atoms with Crippen LogP contribution in [0.3, 0.4) is 0 Å². The molecule has 0 unspecified atom stereocenters. The molecule has 1 N–H and O–H groups in total. The quantitative estimate of drug-likeness (QED) is 0.651. The normalized spacial score (nSPS) is 19.7. The summed E-state index contributed by atoms with van der Waals surface area (Å²) in [5.41, 5.74) is 5.99. The van der Waals surface area contributed by atoms with E-state index in [-0.39, 0.29) is 5.69 Å². The summed E-state index contributed by atoms with van der Waals surface area (Å²) in [6.45, 7) is 2.25. The highest BCUT2D eigenvalue weighted by Gasteiger charge is 2.14. The molecular weight excluding hydrogens is 312 g/mol. The van der Waals surface area contributed by atoms with E-state index in [1.165, 1.54) is 42.0 Å². The molecule has 1 heterocycles. The SMILES string of the molecule is C[C@@H]1CCC/C(=N\Nc2nc(-c3ccc([N+](=O)[O-])cc3)cs2)C1. The van der Waals surface area contributed by atoms with Crippen LogP contribution in [0.1, 0.15) is 32.6 Å². The van der Waals surface area contributed by atoms with Crippen molar-refractivity contribution in [3.63, 3.8) is 0 Å². The molecule has 0 amide bonds. The Bertz CT molecular complexity index is 724. The first-order valence-electron chi connectivity index (χ1n) is 7.63. The van der Waals surface area contributed by atoms with Gasteiger partial charge in [0.25, 0.3) is 5.69 Å². The summed E-state index contributed by atoms with van der Waals surface area (Å²) in [6.07, 6.45) is 4.58. The lowest BCUT2D eigenvalue weighted by atomic mass is 9.89. The van der Waals surface area contributed by atoms with E-state index in [9.17, 15) is 10.1 Å². The van der Waals surface area contributed by atoms with Crippen molar-refractivity contribution in [2.75, 3.05) is 5.43 Å². The molecule has 0 aliphatic heterocycles. The van der Waals surface area contributed by atoms with Gasteiger partial charge in [-0.2, -0.15) is 5.10 Å². The van der Waals surface area contributed by atoms with Crippen LogP contribution in [-0.2, 0) is 0 Å². The summed E-state index contributed by atoms with van der Waals surface area (Å²) in [7, 11) is 0. The number of non-ortho nitro benzene ring substituents is 1. The summed E-state index contributed by atoms with van der Waals surface area (Å²) in [5, 5.41) is 17.8. The number of thiazole rings is 1. The van der Waals surface area contributed by atoms with Crippen LogP contribution in [0.4, 0.5) is 10.8 Å². The maximum absolute atomic E-state index is 10.7. The van der Waals surface area contributed by atoms with Gasteiger partial charge in [-0.15, -0.1) is 11.3 Å².